The fraction of sp³-hybridized carbons (Fsp3) is 0.400. The first-order chi connectivity index (χ1) is 9.17. The fourth-order valence-corrected chi connectivity index (χ4v) is 1.67. The lowest BCUT2D eigenvalue weighted by Crippen LogP contribution is -2.31. The van der Waals surface area contributed by atoms with Crippen molar-refractivity contribution in [3.63, 3.8) is 0 Å². The van der Waals surface area contributed by atoms with Gasteiger partial charge in [-0.2, -0.15) is 0 Å². The molecular formula is C15H19NO3. The van der Waals surface area contributed by atoms with Crippen molar-refractivity contribution in [3.8, 4) is 18.1 Å². The maximum atomic E-state index is 11.1. The summed E-state index contributed by atoms with van der Waals surface area (Å²) in [5.41, 5.74) is 6.83. The van der Waals surface area contributed by atoms with Crippen molar-refractivity contribution in [3.05, 3.63) is 29.8 Å². The van der Waals surface area contributed by atoms with Crippen LogP contribution in [0.5, 0.6) is 5.75 Å². The number of ether oxygens (including phenoxy) is 2. The number of benzene rings is 1. The number of carbonyl (C=O) groups excluding carboxylic acids is 1. The summed E-state index contributed by atoms with van der Waals surface area (Å²) in [4.78, 5) is 11.1. The topological polar surface area (TPSA) is 61.5 Å². The number of hydrogen-bond donors (Lipinski definition) is 1. The van der Waals surface area contributed by atoms with E-state index in [9.17, 15) is 4.79 Å². The summed E-state index contributed by atoms with van der Waals surface area (Å²) in [6.45, 7) is 0.271. The van der Waals surface area contributed by atoms with Gasteiger partial charge in [-0.1, -0.05) is 18.1 Å². The van der Waals surface area contributed by atoms with Crippen molar-refractivity contribution in [1.82, 2.24) is 0 Å². The van der Waals surface area contributed by atoms with Crippen molar-refractivity contribution in [1.29, 1.82) is 0 Å². The highest BCUT2D eigenvalue weighted by atomic mass is 16.5. The van der Waals surface area contributed by atoms with E-state index in [-0.39, 0.29) is 12.6 Å². The highest BCUT2D eigenvalue weighted by Crippen LogP contribution is 2.14. The van der Waals surface area contributed by atoms with Crippen LogP contribution < -0.4 is 10.5 Å². The van der Waals surface area contributed by atoms with E-state index in [0.717, 1.165) is 18.6 Å². The maximum absolute atomic E-state index is 11.1. The van der Waals surface area contributed by atoms with Gasteiger partial charge in [0.25, 0.3) is 0 Å². The van der Waals surface area contributed by atoms with Gasteiger partial charge in [-0.25, -0.2) is 0 Å². The molecule has 0 unspecified atom stereocenters. The molecule has 0 spiro atoms. The molecule has 0 amide bonds. The maximum Gasteiger partial charge on any atom is 0.322 e. The average molecular weight is 261 g/mol. The summed E-state index contributed by atoms with van der Waals surface area (Å²) in [6.07, 6.45) is 7.42. The molecule has 4 heteroatoms. The van der Waals surface area contributed by atoms with Crippen LogP contribution in [0.25, 0.3) is 0 Å². The highest BCUT2D eigenvalue weighted by Gasteiger charge is 2.12. The third-order valence-corrected chi connectivity index (χ3v) is 2.73. The number of esters is 1. The van der Waals surface area contributed by atoms with Crippen LogP contribution in [0.15, 0.2) is 24.3 Å². The van der Waals surface area contributed by atoms with Gasteiger partial charge in [0.2, 0.25) is 0 Å². The van der Waals surface area contributed by atoms with Crippen LogP contribution in [-0.2, 0) is 16.0 Å². The molecule has 0 aliphatic carbocycles. The van der Waals surface area contributed by atoms with Gasteiger partial charge in [0.15, 0.2) is 0 Å². The normalized spacial score (nSPS) is 11.4. The van der Waals surface area contributed by atoms with Crippen molar-refractivity contribution >= 4 is 5.97 Å². The predicted octanol–water partition coefficient (Wildman–Crippen LogP) is 1.52. The predicted molar refractivity (Wildman–Crippen MR) is 73.7 cm³/mol. The van der Waals surface area contributed by atoms with Crippen LogP contribution in [0.3, 0.4) is 0 Å². The molecule has 0 aliphatic heterocycles. The standard InChI is InChI=1S/C15H19NO3/c1-3-11-19-13-9-7-12(8-10-13)5-4-6-14(16)15(17)18-2/h1,7-10,14H,4-6,11,16H2,2H3/t14-/m0/s1. The van der Waals surface area contributed by atoms with Gasteiger partial charge >= 0.3 is 5.97 Å². The largest absolute Gasteiger partial charge is 0.481 e. The van der Waals surface area contributed by atoms with Gasteiger partial charge in [-0.05, 0) is 37.0 Å². The first-order valence-corrected chi connectivity index (χ1v) is 6.16. The molecule has 4 nitrogen and oxygen atoms in total. The molecule has 2 N–H and O–H groups in total. The Kier molecular flexibility index (Phi) is 6.48. The Morgan fingerprint density at radius 2 is 2.11 bits per heavy atom. The number of aryl methyl sites for hydroxylation is 1. The summed E-state index contributed by atoms with van der Waals surface area (Å²) in [5, 5.41) is 0. The smallest absolute Gasteiger partial charge is 0.322 e. The Labute approximate surface area is 113 Å². The molecule has 1 rings (SSSR count). The van der Waals surface area contributed by atoms with E-state index in [4.69, 9.17) is 16.9 Å². The van der Waals surface area contributed by atoms with Gasteiger partial charge in [0.05, 0.1) is 7.11 Å². The number of carbonyl (C=O) groups is 1. The van der Waals surface area contributed by atoms with Gasteiger partial charge in [0, 0.05) is 0 Å². The van der Waals surface area contributed by atoms with Crippen LogP contribution in [0.4, 0.5) is 0 Å². The number of rotatable bonds is 7. The van der Waals surface area contributed by atoms with Crippen molar-refractivity contribution in [2.75, 3.05) is 13.7 Å². The first kappa shape index (κ1) is 15.1. The molecule has 0 bridgehead atoms. The molecule has 1 aromatic rings. The third-order valence-electron chi connectivity index (χ3n) is 2.73. The summed E-state index contributed by atoms with van der Waals surface area (Å²) in [6, 6.07) is 7.19. The number of hydrogen-bond acceptors (Lipinski definition) is 4. The zero-order valence-corrected chi connectivity index (χ0v) is 11.1. The number of nitrogens with two attached hydrogens (primary N) is 1. The molecular weight excluding hydrogens is 242 g/mol. The molecule has 0 heterocycles. The molecule has 1 aromatic carbocycles. The fourth-order valence-electron chi connectivity index (χ4n) is 1.67. The minimum atomic E-state index is -0.539. The quantitative estimate of drug-likeness (QED) is 0.597. The Bertz CT molecular complexity index is 434. The average Bonchev–Trinajstić information content (AvgIpc) is 2.45. The molecule has 0 saturated heterocycles. The molecule has 19 heavy (non-hydrogen) atoms. The highest BCUT2D eigenvalue weighted by molar-refractivity contribution is 5.75. The van der Waals surface area contributed by atoms with Gasteiger partial charge < -0.3 is 15.2 Å². The van der Waals surface area contributed by atoms with Crippen molar-refractivity contribution in [2.24, 2.45) is 5.73 Å². The van der Waals surface area contributed by atoms with E-state index in [0.29, 0.717) is 6.42 Å². The Morgan fingerprint density at radius 1 is 1.42 bits per heavy atom. The van der Waals surface area contributed by atoms with E-state index in [1.165, 1.54) is 12.7 Å². The minimum absolute atomic E-state index is 0.271. The second-order valence-corrected chi connectivity index (χ2v) is 4.16. The summed E-state index contributed by atoms with van der Waals surface area (Å²) in [5.74, 6) is 2.81. The molecule has 0 radical (unpaired) electrons. The van der Waals surface area contributed by atoms with Gasteiger partial charge in [-0.15, -0.1) is 6.42 Å². The molecule has 0 fully saturated rings. The van der Waals surface area contributed by atoms with Crippen LogP contribution in [0.2, 0.25) is 0 Å². The van der Waals surface area contributed by atoms with Gasteiger partial charge in [0.1, 0.15) is 18.4 Å². The monoisotopic (exact) mass is 261 g/mol. The molecule has 1 atom stereocenters. The second kappa shape index (κ2) is 8.17. The van der Waals surface area contributed by atoms with E-state index in [1.54, 1.807) is 0 Å². The van der Waals surface area contributed by atoms with E-state index >= 15 is 0 Å². The van der Waals surface area contributed by atoms with E-state index in [2.05, 4.69) is 10.7 Å². The van der Waals surface area contributed by atoms with Crippen molar-refractivity contribution < 1.29 is 14.3 Å². The summed E-state index contributed by atoms with van der Waals surface area (Å²) in [7, 11) is 1.34. The molecule has 0 aromatic heterocycles. The Balaban J connectivity index is 2.34. The lowest BCUT2D eigenvalue weighted by atomic mass is 10.1. The summed E-state index contributed by atoms with van der Waals surface area (Å²) >= 11 is 0. The van der Waals surface area contributed by atoms with Crippen LogP contribution >= 0.6 is 0 Å². The third kappa shape index (κ3) is 5.45. The zero-order valence-electron chi connectivity index (χ0n) is 11.1. The van der Waals surface area contributed by atoms with E-state index < -0.39 is 6.04 Å². The Morgan fingerprint density at radius 3 is 2.68 bits per heavy atom. The molecule has 0 saturated carbocycles. The number of methoxy groups -OCH3 is 1. The van der Waals surface area contributed by atoms with E-state index in [1.807, 2.05) is 24.3 Å². The van der Waals surface area contributed by atoms with Gasteiger partial charge in [-0.3, -0.25) is 4.79 Å². The summed E-state index contributed by atoms with van der Waals surface area (Å²) < 4.78 is 9.85. The zero-order chi connectivity index (χ0) is 14.1. The van der Waals surface area contributed by atoms with Crippen LogP contribution in [0.1, 0.15) is 18.4 Å². The molecule has 102 valence electrons. The first-order valence-electron chi connectivity index (χ1n) is 6.16. The SMILES string of the molecule is C#CCOc1ccc(CCC[C@H](N)C(=O)OC)cc1. The lowest BCUT2D eigenvalue weighted by Gasteiger charge is -2.09. The number of terminal acetylenes is 1. The second-order valence-electron chi connectivity index (χ2n) is 4.16. The Hall–Kier alpha value is -1.99. The van der Waals surface area contributed by atoms with Crippen LogP contribution in [0, 0.1) is 12.3 Å². The lowest BCUT2D eigenvalue weighted by molar-refractivity contribution is -0.142. The van der Waals surface area contributed by atoms with Crippen LogP contribution in [-0.4, -0.2) is 25.7 Å². The molecule has 0 aliphatic rings. The minimum Gasteiger partial charge on any atom is -0.481 e. The van der Waals surface area contributed by atoms with Crippen molar-refractivity contribution in [2.45, 2.75) is 25.3 Å².